The van der Waals surface area contributed by atoms with E-state index in [1.165, 1.54) is 0 Å². The number of methoxy groups -OCH3 is 1. The van der Waals surface area contributed by atoms with Crippen molar-refractivity contribution < 1.29 is 9.47 Å². The Labute approximate surface area is 142 Å². The molecule has 8 heteroatoms. The van der Waals surface area contributed by atoms with Crippen LogP contribution in [0.1, 0.15) is 5.56 Å². The van der Waals surface area contributed by atoms with Gasteiger partial charge in [-0.15, -0.1) is 10.2 Å². The molecule has 0 atom stereocenters. The van der Waals surface area contributed by atoms with Gasteiger partial charge >= 0.3 is 0 Å². The monoisotopic (exact) mass is 350 g/mol. The van der Waals surface area contributed by atoms with Gasteiger partial charge in [0.15, 0.2) is 11.5 Å². The average Bonchev–Trinajstić information content (AvgIpc) is 3.10. The minimum absolute atomic E-state index is 0.342. The van der Waals surface area contributed by atoms with Crippen LogP contribution in [0.15, 0.2) is 36.4 Å². The highest BCUT2D eigenvalue weighted by atomic mass is 35.5. The molecule has 0 aliphatic carbocycles. The summed E-state index contributed by atoms with van der Waals surface area (Å²) in [4.78, 5) is 0. The molecule has 3 aromatic rings. The van der Waals surface area contributed by atoms with Crippen molar-refractivity contribution >= 4 is 23.2 Å². The molecular formula is C15H12Cl2N4O2. The van der Waals surface area contributed by atoms with Crippen LogP contribution in [0.25, 0.3) is 11.4 Å². The number of aromatic nitrogens is 4. The number of rotatable bonds is 5. The normalized spacial score (nSPS) is 10.6. The molecule has 0 aliphatic heterocycles. The van der Waals surface area contributed by atoms with Gasteiger partial charge in [-0.2, -0.15) is 5.21 Å². The van der Waals surface area contributed by atoms with E-state index in [1.54, 1.807) is 31.4 Å². The second-order valence-electron chi connectivity index (χ2n) is 4.64. The first kappa shape index (κ1) is 15.6. The fraction of sp³-hybridized carbons (Fsp3) is 0.133. The Balaban J connectivity index is 1.78. The molecule has 0 unspecified atom stereocenters. The van der Waals surface area contributed by atoms with Gasteiger partial charge in [0, 0.05) is 5.56 Å². The lowest BCUT2D eigenvalue weighted by atomic mass is 10.2. The van der Waals surface area contributed by atoms with Crippen LogP contribution in [0.2, 0.25) is 10.0 Å². The molecule has 1 aromatic heterocycles. The summed E-state index contributed by atoms with van der Waals surface area (Å²) in [6.07, 6.45) is 0. The summed E-state index contributed by atoms with van der Waals surface area (Å²) in [5, 5.41) is 14.8. The van der Waals surface area contributed by atoms with E-state index in [2.05, 4.69) is 20.6 Å². The molecule has 118 valence electrons. The number of benzene rings is 2. The van der Waals surface area contributed by atoms with E-state index in [0.717, 1.165) is 11.1 Å². The van der Waals surface area contributed by atoms with Gasteiger partial charge in [-0.3, -0.25) is 0 Å². The number of nitrogens with one attached hydrogen (secondary N) is 1. The van der Waals surface area contributed by atoms with Gasteiger partial charge < -0.3 is 9.47 Å². The summed E-state index contributed by atoms with van der Waals surface area (Å²) in [5.74, 6) is 1.66. The number of hydrogen-bond donors (Lipinski definition) is 1. The average molecular weight is 351 g/mol. The van der Waals surface area contributed by atoms with Crippen LogP contribution >= 0.6 is 23.2 Å². The van der Waals surface area contributed by atoms with Crippen molar-refractivity contribution in [2.75, 3.05) is 7.11 Å². The van der Waals surface area contributed by atoms with E-state index in [4.69, 9.17) is 32.7 Å². The third-order valence-electron chi connectivity index (χ3n) is 3.15. The SMILES string of the molecule is COc1cc(-c2nn[nH]n2)ccc1OCc1ccc(Cl)c(Cl)c1. The molecular weight excluding hydrogens is 339 g/mol. The lowest BCUT2D eigenvalue weighted by Crippen LogP contribution is -1.98. The Morgan fingerprint density at radius 2 is 1.91 bits per heavy atom. The maximum atomic E-state index is 6.00. The van der Waals surface area contributed by atoms with Crippen LogP contribution in [-0.2, 0) is 6.61 Å². The first-order valence-electron chi connectivity index (χ1n) is 6.66. The predicted molar refractivity (Wildman–Crippen MR) is 87.0 cm³/mol. The van der Waals surface area contributed by atoms with Crippen molar-refractivity contribution in [3.63, 3.8) is 0 Å². The Bertz CT molecular complexity index is 809. The van der Waals surface area contributed by atoms with E-state index in [1.807, 2.05) is 12.1 Å². The van der Waals surface area contributed by atoms with E-state index in [-0.39, 0.29) is 0 Å². The number of H-pyrrole nitrogens is 1. The maximum absolute atomic E-state index is 6.00. The minimum Gasteiger partial charge on any atom is -0.493 e. The number of tetrazole rings is 1. The summed E-state index contributed by atoms with van der Waals surface area (Å²) < 4.78 is 11.1. The molecule has 2 aromatic carbocycles. The van der Waals surface area contributed by atoms with Crippen LogP contribution in [-0.4, -0.2) is 27.7 Å². The summed E-state index contributed by atoms with van der Waals surface area (Å²) in [6.45, 7) is 0.342. The van der Waals surface area contributed by atoms with Crippen molar-refractivity contribution in [2.24, 2.45) is 0 Å². The Kier molecular flexibility index (Phi) is 4.64. The third kappa shape index (κ3) is 3.55. The third-order valence-corrected chi connectivity index (χ3v) is 3.88. The number of halogens is 2. The Morgan fingerprint density at radius 3 is 2.61 bits per heavy atom. The highest BCUT2D eigenvalue weighted by molar-refractivity contribution is 6.42. The van der Waals surface area contributed by atoms with Crippen molar-refractivity contribution in [3.8, 4) is 22.9 Å². The van der Waals surface area contributed by atoms with Gasteiger partial charge in [0.25, 0.3) is 0 Å². The molecule has 0 bridgehead atoms. The minimum atomic E-state index is 0.342. The Hall–Kier alpha value is -2.31. The molecule has 3 rings (SSSR count). The molecule has 1 N–H and O–H groups in total. The van der Waals surface area contributed by atoms with Crippen LogP contribution in [0.5, 0.6) is 11.5 Å². The van der Waals surface area contributed by atoms with Crippen molar-refractivity contribution in [3.05, 3.63) is 52.0 Å². The van der Waals surface area contributed by atoms with E-state index >= 15 is 0 Å². The van der Waals surface area contributed by atoms with Crippen molar-refractivity contribution in [2.45, 2.75) is 6.61 Å². The van der Waals surface area contributed by atoms with Gasteiger partial charge in [-0.1, -0.05) is 29.3 Å². The summed E-state index contributed by atoms with van der Waals surface area (Å²) >= 11 is 11.9. The second-order valence-corrected chi connectivity index (χ2v) is 5.45. The molecule has 0 fully saturated rings. The van der Waals surface area contributed by atoms with Crippen molar-refractivity contribution in [1.29, 1.82) is 0 Å². The van der Waals surface area contributed by atoms with Crippen LogP contribution in [0, 0.1) is 0 Å². The summed E-state index contributed by atoms with van der Waals surface area (Å²) in [6, 6.07) is 10.8. The Morgan fingerprint density at radius 1 is 1.04 bits per heavy atom. The zero-order chi connectivity index (χ0) is 16.2. The molecule has 0 saturated heterocycles. The number of aromatic amines is 1. The summed E-state index contributed by atoms with van der Waals surface area (Å²) in [5.41, 5.74) is 1.68. The van der Waals surface area contributed by atoms with E-state index in [9.17, 15) is 0 Å². The van der Waals surface area contributed by atoms with Gasteiger partial charge in [0.2, 0.25) is 5.82 Å². The quantitative estimate of drug-likeness (QED) is 0.758. The standard InChI is InChI=1S/C15H12Cl2N4O2/c1-22-14-7-10(15-18-20-21-19-15)3-5-13(14)23-8-9-2-4-11(16)12(17)6-9/h2-7H,8H2,1H3,(H,18,19,20,21). The lowest BCUT2D eigenvalue weighted by molar-refractivity contribution is 0.284. The highest BCUT2D eigenvalue weighted by Crippen LogP contribution is 2.32. The zero-order valence-electron chi connectivity index (χ0n) is 12.1. The number of hydrogen-bond acceptors (Lipinski definition) is 5. The fourth-order valence-corrected chi connectivity index (χ4v) is 2.32. The smallest absolute Gasteiger partial charge is 0.204 e. The van der Waals surface area contributed by atoms with Gasteiger partial charge in [0.05, 0.1) is 17.2 Å². The first-order valence-corrected chi connectivity index (χ1v) is 7.41. The molecule has 23 heavy (non-hydrogen) atoms. The first-order chi connectivity index (χ1) is 11.2. The van der Waals surface area contributed by atoms with Gasteiger partial charge in [-0.25, -0.2) is 0 Å². The molecule has 1 heterocycles. The maximum Gasteiger partial charge on any atom is 0.204 e. The predicted octanol–water partition coefficient (Wildman–Crippen LogP) is 3.76. The lowest BCUT2D eigenvalue weighted by Gasteiger charge is -2.12. The largest absolute Gasteiger partial charge is 0.493 e. The number of nitrogens with zero attached hydrogens (tertiary/aromatic N) is 3. The molecule has 6 nitrogen and oxygen atoms in total. The van der Waals surface area contributed by atoms with Crippen LogP contribution < -0.4 is 9.47 Å². The van der Waals surface area contributed by atoms with Gasteiger partial charge in [-0.05, 0) is 41.1 Å². The zero-order valence-corrected chi connectivity index (χ0v) is 13.6. The highest BCUT2D eigenvalue weighted by Gasteiger charge is 2.10. The molecule has 0 radical (unpaired) electrons. The second kappa shape index (κ2) is 6.85. The molecule has 0 aliphatic rings. The molecule has 0 amide bonds. The molecule has 0 saturated carbocycles. The fourth-order valence-electron chi connectivity index (χ4n) is 2.00. The summed E-state index contributed by atoms with van der Waals surface area (Å²) in [7, 11) is 1.57. The van der Waals surface area contributed by atoms with Gasteiger partial charge in [0.1, 0.15) is 6.61 Å². The molecule has 0 spiro atoms. The van der Waals surface area contributed by atoms with Crippen LogP contribution in [0.4, 0.5) is 0 Å². The number of ether oxygens (including phenoxy) is 2. The topological polar surface area (TPSA) is 72.9 Å². The van der Waals surface area contributed by atoms with E-state index in [0.29, 0.717) is 34.0 Å². The van der Waals surface area contributed by atoms with Crippen LogP contribution in [0.3, 0.4) is 0 Å². The van der Waals surface area contributed by atoms with E-state index < -0.39 is 0 Å². The van der Waals surface area contributed by atoms with Crippen molar-refractivity contribution in [1.82, 2.24) is 20.6 Å².